The fourth-order valence-corrected chi connectivity index (χ4v) is 0.799. The second-order valence-electron chi connectivity index (χ2n) is 2.02. The Hall–Kier alpha value is -0.570. The molecule has 0 radical (unpaired) electrons. The summed E-state index contributed by atoms with van der Waals surface area (Å²) in [4.78, 5) is 4.11. The third-order valence-corrected chi connectivity index (χ3v) is 1.22. The van der Waals surface area contributed by atoms with E-state index in [1.54, 1.807) is 0 Å². The molecule has 9 heavy (non-hydrogen) atoms. The zero-order valence-electron chi connectivity index (χ0n) is 5.47. The number of ether oxygens (including phenoxy) is 1. The van der Waals surface area contributed by atoms with Crippen molar-refractivity contribution in [2.24, 2.45) is 10.7 Å². The van der Waals surface area contributed by atoms with Gasteiger partial charge in [-0.15, -0.1) is 0 Å². The summed E-state index contributed by atoms with van der Waals surface area (Å²) in [6, 6.07) is 0. The molecule has 0 bridgehead atoms. The van der Waals surface area contributed by atoms with Gasteiger partial charge >= 0.3 is 0 Å². The summed E-state index contributed by atoms with van der Waals surface area (Å²) in [5.41, 5.74) is 5.24. The first-order chi connectivity index (χ1) is 4.43. The van der Waals surface area contributed by atoms with E-state index in [2.05, 4.69) is 4.99 Å². The van der Waals surface area contributed by atoms with E-state index >= 15 is 0 Å². The van der Waals surface area contributed by atoms with Gasteiger partial charge in [0.05, 0.1) is 13.2 Å². The highest BCUT2D eigenvalue weighted by molar-refractivity contribution is 5.77. The van der Waals surface area contributed by atoms with Gasteiger partial charge in [-0.3, -0.25) is 4.99 Å². The van der Waals surface area contributed by atoms with Crippen LogP contribution in [-0.4, -0.2) is 25.6 Å². The van der Waals surface area contributed by atoms with Gasteiger partial charge in [0.2, 0.25) is 0 Å². The lowest BCUT2D eigenvalue weighted by molar-refractivity contribution is 0.342. The summed E-state index contributed by atoms with van der Waals surface area (Å²) >= 11 is 0. The summed E-state index contributed by atoms with van der Waals surface area (Å²) in [7, 11) is 0. The maximum absolute atomic E-state index is 5.24. The number of nitrogens with zero attached hydrogens (tertiary/aromatic N) is 1. The van der Waals surface area contributed by atoms with Crippen molar-refractivity contribution >= 4 is 5.90 Å². The maximum atomic E-state index is 5.24. The lowest BCUT2D eigenvalue weighted by Crippen LogP contribution is -2.05. The number of rotatable bonds is 2. The first-order valence-corrected chi connectivity index (χ1v) is 3.29. The summed E-state index contributed by atoms with van der Waals surface area (Å²) in [5, 5.41) is 0. The first kappa shape index (κ1) is 6.55. The molecular weight excluding hydrogens is 116 g/mol. The minimum absolute atomic E-state index is 0.618. The molecule has 0 spiro atoms. The Morgan fingerprint density at radius 1 is 1.67 bits per heavy atom. The third-order valence-electron chi connectivity index (χ3n) is 1.22. The van der Waals surface area contributed by atoms with Crippen LogP contribution in [0.3, 0.4) is 0 Å². The summed E-state index contributed by atoms with van der Waals surface area (Å²) in [6.07, 6.45) is 2.11. The number of hydrogen-bond donors (Lipinski definition) is 1. The summed E-state index contributed by atoms with van der Waals surface area (Å²) < 4.78 is 5.15. The zero-order valence-corrected chi connectivity index (χ0v) is 5.47. The average Bonchev–Trinajstić information content (AvgIpc) is 2.34. The molecule has 1 heterocycles. The van der Waals surface area contributed by atoms with Crippen molar-refractivity contribution in [3.63, 3.8) is 0 Å². The second kappa shape index (κ2) is 3.45. The van der Waals surface area contributed by atoms with Gasteiger partial charge in [-0.2, -0.15) is 0 Å². The average molecular weight is 128 g/mol. The largest absolute Gasteiger partial charge is 0.481 e. The van der Waals surface area contributed by atoms with Crippen molar-refractivity contribution in [1.29, 1.82) is 0 Å². The van der Waals surface area contributed by atoms with Crippen LogP contribution in [0.2, 0.25) is 0 Å². The van der Waals surface area contributed by atoms with Crippen LogP contribution in [0.15, 0.2) is 4.99 Å². The molecule has 1 saturated heterocycles. The molecule has 52 valence electrons. The van der Waals surface area contributed by atoms with Gasteiger partial charge in [0, 0.05) is 13.0 Å². The van der Waals surface area contributed by atoms with E-state index in [-0.39, 0.29) is 0 Å². The predicted molar refractivity (Wildman–Crippen MR) is 36.5 cm³/mol. The molecule has 1 rings (SSSR count). The molecular formula is C6H12N2O. The van der Waals surface area contributed by atoms with E-state index in [9.17, 15) is 0 Å². The number of hydrogen-bond acceptors (Lipinski definition) is 3. The standard InChI is InChI=1S/C6H12N2O/c7-3-4-8-6-2-1-5-9-6/h1-5,7H2. The molecule has 3 nitrogen and oxygen atoms in total. The molecule has 0 aliphatic carbocycles. The van der Waals surface area contributed by atoms with Gasteiger partial charge in [0.1, 0.15) is 0 Å². The van der Waals surface area contributed by atoms with E-state index in [1.807, 2.05) is 0 Å². The molecule has 2 N–H and O–H groups in total. The summed E-state index contributed by atoms with van der Waals surface area (Å²) in [6.45, 7) is 2.16. The Balaban J connectivity index is 2.22. The van der Waals surface area contributed by atoms with E-state index in [4.69, 9.17) is 10.5 Å². The summed E-state index contributed by atoms with van der Waals surface area (Å²) in [5.74, 6) is 0.889. The molecule has 0 saturated carbocycles. The van der Waals surface area contributed by atoms with Gasteiger partial charge in [0.15, 0.2) is 5.90 Å². The Kier molecular flexibility index (Phi) is 2.51. The van der Waals surface area contributed by atoms with Crippen LogP contribution in [0.5, 0.6) is 0 Å². The fourth-order valence-electron chi connectivity index (χ4n) is 0.799. The minimum Gasteiger partial charge on any atom is -0.481 e. The van der Waals surface area contributed by atoms with Crippen molar-refractivity contribution < 1.29 is 4.74 Å². The third kappa shape index (κ3) is 2.01. The van der Waals surface area contributed by atoms with Crippen molar-refractivity contribution in [2.45, 2.75) is 12.8 Å². The highest BCUT2D eigenvalue weighted by Gasteiger charge is 2.06. The molecule has 0 aromatic rings. The second-order valence-corrected chi connectivity index (χ2v) is 2.02. The Morgan fingerprint density at radius 3 is 3.11 bits per heavy atom. The molecule has 0 aromatic carbocycles. The number of aliphatic imine (C=N–C) groups is 1. The van der Waals surface area contributed by atoms with Crippen LogP contribution in [0.25, 0.3) is 0 Å². The van der Waals surface area contributed by atoms with Crippen LogP contribution in [0.1, 0.15) is 12.8 Å². The van der Waals surface area contributed by atoms with Crippen molar-refractivity contribution in [2.75, 3.05) is 19.7 Å². The normalized spacial score (nSPS) is 22.6. The molecule has 3 heteroatoms. The van der Waals surface area contributed by atoms with Crippen LogP contribution in [-0.2, 0) is 4.74 Å². The Bertz CT molecular complexity index is 104. The van der Waals surface area contributed by atoms with Crippen LogP contribution in [0, 0.1) is 0 Å². The molecule has 1 fully saturated rings. The molecule has 0 amide bonds. The molecule has 0 unspecified atom stereocenters. The molecule has 0 aromatic heterocycles. The smallest absolute Gasteiger partial charge is 0.183 e. The Labute approximate surface area is 54.9 Å². The van der Waals surface area contributed by atoms with Gasteiger partial charge in [0.25, 0.3) is 0 Å². The van der Waals surface area contributed by atoms with E-state index in [0.717, 1.165) is 25.3 Å². The monoisotopic (exact) mass is 128 g/mol. The zero-order chi connectivity index (χ0) is 6.53. The molecule has 1 aliphatic heterocycles. The topological polar surface area (TPSA) is 47.6 Å². The Morgan fingerprint density at radius 2 is 2.56 bits per heavy atom. The van der Waals surface area contributed by atoms with Gasteiger partial charge in [-0.05, 0) is 6.42 Å². The highest BCUT2D eigenvalue weighted by Crippen LogP contribution is 2.04. The fraction of sp³-hybridized carbons (Fsp3) is 0.833. The SMILES string of the molecule is NCCN=C1CCCO1. The van der Waals surface area contributed by atoms with E-state index in [0.29, 0.717) is 13.1 Å². The van der Waals surface area contributed by atoms with Crippen molar-refractivity contribution in [1.82, 2.24) is 0 Å². The van der Waals surface area contributed by atoms with Gasteiger partial charge < -0.3 is 10.5 Å². The van der Waals surface area contributed by atoms with Crippen LogP contribution >= 0.6 is 0 Å². The highest BCUT2D eigenvalue weighted by atomic mass is 16.5. The molecule has 1 aliphatic rings. The molecule has 0 atom stereocenters. The maximum Gasteiger partial charge on any atom is 0.183 e. The van der Waals surface area contributed by atoms with Crippen molar-refractivity contribution in [3.8, 4) is 0 Å². The predicted octanol–water partition coefficient (Wildman–Crippen LogP) is 0.154. The first-order valence-electron chi connectivity index (χ1n) is 3.29. The lowest BCUT2D eigenvalue weighted by Gasteiger charge is -1.94. The van der Waals surface area contributed by atoms with E-state index in [1.165, 1.54) is 0 Å². The van der Waals surface area contributed by atoms with Gasteiger partial charge in [-0.25, -0.2) is 0 Å². The quantitative estimate of drug-likeness (QED) is 0.575. The van der Waals surface area contributed by atoms with Gasteiger partial charge in [-0.1, -0.05) is 0 Å². The van der Waals surface area contributed by atoms with Crippen LogP contribution in [0.4, 0.5) is 0 Å². The van der Waals surface area contributed by atoms with Crippen molar-refractivity contribution in [3.05, 3.63) is 0 Å². The van der Waals surface area contributed by atoms with E-state index < -0.39 is 0 Å². The minimum atomic E-state index is 0.618. The number of nitrogens with two attached hydrogens (primary N) is 1. The van der Waals surface area contributed by atoms with Crippen LogP contribution < -0.4 is 5.73 Å². The lowest BCUT2D eigenvalue weighted by atomic mass is 10.4.